The summed E-state index contributed by atoms with van der Waals surface area (Å²) < 4.78 is 4.91. The highest BCUT2D eigenvalue weighted by molar-refractivity contribution is 5.95. The quantitative estimate of drug-likeness (QED) is 0.457. The van der Waals surface area contributed by atoms with Crippen molar-refractivity contribution in [3.63, 3.8) is 0 Å². The zero-order chi connectivity index (χ0) is 23.3. The maximum Gasteiger partial charge on any atom is 0.252 e. The fraction of sp³-hybridized carbons (Fsp3) is 0.391. The number of carbonyl (C=O) groups is 2. The number of nitrogens with one attached hydrogen (secondary N) is 1. The van der Waals surface area contributed by atoms with Gasteiger partial charge in [-0.2, -0.15) is 0 Å². The van der Waals surface area contributed by atoms with Gasteiger partial charge in [-0.25, -0.2) is 0 Å². The smallest absolute Gasteiger partial charge is 0.252 e. The van der Waals surface area contributed by atoms with E-state index in [1.165, 1.54) is 4.80 Å². The van der Waals surface area contributed by atoms with Crippen LogP contribution in [0.5, 0.6) is 5.75 Å². The van der Waals surface area contributed by atoms with Gasteiger partial charge >= 0.3 is 0 Å². The Morgan fingerprint density at radius 1 is 1.09 bits per heavy atom. The SMILES string of the molecule is CC(C)(C)c1cc(CCC(=O)NC(=O)COCCO)cc(-n2nc3ccccc3n2)c1O. The topological polar surface area (TPSA) is 127 Å². The fourth-order valence-corrected chi connectivity index (χ4v) is 3.25. The summed E-state index contributed by atoms with van der Waals surface area (Å²) in [5.41, 5.74) is 3.00. The highest BCUT2D eigenvalue weighted by Crippen LogP contribution is 2.36. The Morgan fingerprint density at radius 3 is 2.34 bits per heavy atom. The van der Waals surface area contributed by atoms with Gasteiger partial charge in [-0.15, -0.1) is 15.0 Å². The van der Waals surface area contributed by atoms with Crippen molar-refractivity contribution in [2.45, 2.75) is 39.0 Å². The Hall–Kier alpha value is -3.30. The van der Waals surface area contributed by atoms with Crippen LogP contribution in [0, 0.1) is 0 Å². The number of imide groups is 1. The first kappa shape index (κ1) is 23.4. The second kappa shape index (κ2) is 9.88. The van der Waals surface area contributed by atoms with Crippen molar-refractivity contribution in [2.24, 2.45) is 0 Å². The minimum absolute atomic E-state index is 0.0317. The van der Waals surface area contributed by atoms with E-state index in [2.05, 4.69) is 15.5 Å². The zero-order valence-corrected chi connectivity index (χ0v) is 18.5. The van der Waals surface area contributed by atoms with Crippen LogP contribution in [-0.2, 0) is 26.2 Å². The first-order chi connectivity index (χ1) is 15.2. The van der Waals surface area contributed by atoms with Gasteiger partial charge in [0.05, 0.1) is 13.2 Å². The molecule has 2 aromatic carbocycles. The summed E-state index contributed by atoms with van der Waals surface area (Å²) in [5.74, 6) is -0.905. The summed E-state index contributed by atoms with van der Waals surface area (Å²) in [6.07, 6.45) is 0.432. The van der Waals surface area contributed by atoms with Crippen molar-refractivity contribution in [3.05, 3.63) is 47.5 Å². The number of aliphatic hydroxyl groups is 1. The first-order valence-corrected chi connectivity index (χ1v) is 10.4. The van der Waals surface area contributed by atoms with Crippen molar-refractivity contribution < 1.29 is 24.5 Å². The van der Waals surface area contributed by atoms with E-state index in [1.807, 2.05) is 51.1 Å². The van der Waals surface area contributed by atoms with Gasteiger partial charge < -0.3 is 14.9 Å². The highest BCUT2D eigenvalue weighted by Gasteiger charge is 2.23. The number of benzene rings is 2. The number of aromatic nitrogens is 3. The van der Waals surface area contributed by atoms with Crippen LogP contribution in [0.3, 0.4) is 0 Å². The van der Waals surface area contributed by atoms with E-state index in [0.717, 1.165) is 5.56 Å². The average Bonchev–Trinajstić information content (AvgIpc) is 3.16. The maximum atomic E-state index is 12.2. The molecule has 32 heavy (non-hydrogen) atoms. The number of phenolic OH excluding ortho intramolecular Hbond substituents is 1. The molecule has 0 saturated heterocycles. The van der Waals surface area contributed by atoms with Crippen molar-refractivity contribution in [2.75, 3.05) is 19.8 Å². The summed E-state index contributed by atoms with van der Waals surface area (Å²) in [6, 6.07) is 11.0. The van der Waals surface area contributed by atoms with E-state index >= 15 is 0 Å². The fourth-order valence-electron chi connectivity index (χ4n) is 3.25. The third kappa shape index (κ3) is 5.68. The van der Waals surface area contributed by atoms with E-state index < -0.39 is 11.8 Å². The standard InChI is InChI=1S/C23H28N4O5/c1-23(2,3)16-12-15(8-9-20(29)24-21(30)14-32-11-10-28)13-19(22(16)31)27-25-17-6-4-5-7-18(17)26-27/h4-7,12-13,28,31H,8-11,14H2,1-3H3,(H,24,29,30). The predicted molar refractivity (Wildman–Crippen MR) is 119 cm³/mol. The van der Waals surface area contributed by atoms with Gasteiger partial charge in [0.15, 0.2) is 0 Å². The second-order valence-electron chi connectivity index (χ2n) is 8.49. The van der Waals surface area contributed by atoms with Crippen LogP contribution in [0.4, 0.5) is 0 Å². The van der Waals surface area contributed by atoms with Gasteiger partial charge in [-0.3, -0.25) is 14.9 Å². The lowest BCUT2D eigenvalue weighted by Gasteiger charge is -2.23. The molecule has 170 valence electrons. The van der Waals surface area contributed by atoms with E-state index in [-0.39, 0.29) is 37.4 Å². The van der Waals surface area contributed by atoms with Crippen LogP contribution in [-0.4, -0.2) is 56.8 Å². The molecular formula is C23H28N4O5. The largest absolute Gasteiger partial charge is 0.505 e. The molecule has 3 rings (SSSR count). The highest BCUT2D eigenvalue weighted by atomic mass is 16.5. The normalized spacial score (nSPS) is 11.6. The van der Waals surface area contributed by atoms with E-state index in [4.69, 9.17) is 9.84 Å². The third-order valence-corrected chi connectivity index (χ3v) is 4.85. The number of aliphatic hydroxyl groups excluding tert-OH is 1. The minimum Gasteiger partial charge on any atom is -0.505 e. The van der Waals surface area contributed by atoms with Crippen LogP contribution in [0.25, 0.3) is 16.7 Å². The predicted octanol–water partition coefficient (Wildman–Crippen LogP) is 2.01. The summed E-state index contributed by atoms with van der Waals surface area (Å²) in [4.78, 5) is 25.3. The Kier molecular flexibility index (Phi) is 7.22. The van der Waals surface area contributed by atoms with Crippen LogP contribution < -0.4 is 5.32 Å². The van der Waals surface area contributed by atoms with E-state index in [1.54, 1.807) is 6.07 Å². The van der Waals surface area contributed by atoms with Gasteiger partial charge in [-0.05, 0) is 35.6 Å². The second-order valence-corrected chi connectivity index (χ2v) is 8.49. The number of hydrogen-bond donors (Lipinski definition) is 3. The lowest BCUT2D eigenvalue weighted by molar-refractivity contribution is -0.133. The number of rotatable bonds is 8. The Balaban J connectivity index is 1.82. The lowest BCUT2D eigenvalue weighted by atomic mass is 9.84. The summed E-state index contributed by atoms with van der Waals surface area (Å²) in [7, 11) is 0. The number of hydrogen-bond acceptors (Lipinski definition) is 7. The number of aromatic hydroxyl groups is 1. The molecule has 0 aliphatic rings. The molecule has 9 nitrogen and oxygen atoms in total. The van der Waals surface area contributed by atoms with Crippen molar-refractivity contribution in [3.8, 4) is 11.4 Å². The van der Waals surface area contributed by atoms with Gasteiger partial charge in [0.1, 0.15) is 29.1 Å². The molecule has 3 N–H and O–H groups in total. The molecule has 0 aliphatic carbocycles. The first-order valence-electron chi connectivity index (χ1n) is 10.4. The molecule has 0 saturated carbocycles. The number of ether oxygens (including phenoxy) is 1. The molecule has 3 aromatic rings. The average molecular weight is 441 g/mol. The maximum absolute atomic E-state index is 12.2. The third-order valence-electron chi connectivity index (χ3n) is 4.85. The summed E-state index contributed by atoms with van der Waals surface area (Å²) >= 11 is 0. The van der Waals surface area contributed by atoms with Crippen LogP contribution in [0.1, 0.15) is 38.3 Å². The van der Waals surface area contributed by atoms with E-state index in [9.17, 15) is 14.7 Å². The lowest BCUT2D eigenvalue weighted by Crippen LogP contribution is -2.33. The number of aryl methyl sites for hydroxylation is 1. The molecule has 0 unspecified atom stereocenters. The molecule has 0 spiro atoms. The molecule has 9 heteroatoms. The van der Waals surface area contributed by atoms with Gasteiger partial charge in [-0.1, -0.05) is 39.0 Å². The van der Waals surface area contributed by atoms with E-state index in [0.29, 0.717) is 28.7 Å². The van der Waals surface area contributed by atoms with Crippen LogP contribution in [0.2, 0.25) is 0 Å². The number of fused-ring (bicyclic) bond motifs is 1. The number of amides is 2. The van der Waals surface area contributed by atoms with Crippen molar-refractivity contribution in [1.29, 1.82) is 0 Å². The monoisotopic (exact) mass is 440 g/mol. The molecule has 0 atom stereocenters. The molecule has 1 heterocycles. The van der Waals surface area contributed by atoms with Gasteiger partial charge in [0, 0.05) is 12.0 Å². The van der Waals surface area contributed by atoms with Crippen LogP contribution >= 0.6 is 0 Å². The Bertz CT molecular complexity index is 1080. The Labute approximate surface area is 186 Å². The molecule has 0 radical (unpaired) electrons. The van der Waals surface area contributed by atoms with Crippen molar-refractivity contribution in [1.82, 2.24) is 20.3 Å². The summed E-state index contributed by atoms with van der Waals surface area (Å²) in [5, 5.41) is 30.8. The Morgan fingerprint density at radius 2 is 1.75 bits per heavy atom. The molecule has 0 bridgehead atoms. The zero-order valence-electron chi connectivity index (χ0n) is 18.5. The molecule has 2 amide bonds. The van der Waals surface area contributed by atoms with Gasteiger partial charge in [0.2, 0.25) is 5.91 Å². The number of phenols is 1. The minimum atomic E-state index is -0.558. The molecule has 1 aromatic heterocycles. The van der Waals surface area contributed by atoms with Crippen LogP contribution in [0.15, 0.2) is 36.4 Å². The number of carbonyl (C=O) groups excluding carboxylic acids is 2. The molecule has 0 aliphatic heterocycles. The molecular weight excluding hydrogens is 412 g/mol. The van der Waals surface area contributed by atoms with Crippen molar-refractivity contribution >= 4 is 22.8 Å². The molecule has 0 fully saturated rings. The number of nitrogens with zero attached hydrogens (tertiary/aromatic N) is 3. The van der Waals surface area contributed by atoms with Gasteiger partial charge in [0.25, 0.3) is 5.91 Å². The summed E-state index contributed by atoms with van der Waals surface area (Å²) in [6.45, 7) is 5.51.